The van der Waals surface area contributed by atoms with Gasteiger partial charge in [0.25, 0.3) is 0 Å². The number of carbonyl (C=O) groups is 1. The zero-order valence-corrected chi connectivity index (χ0v) is 14.8. The van der Waals surface area contributed by atoms with Gasteiger partial charge < -0.3 is 4.74 Å². The molecule has 0 saturated carbocycles. The Kier molecular flexibility index (Phi) is 6.60. The van der Waals surface area contributed by atoms with E-state index in [0.717, 1.165) is 5.56 Å². The second-order valence-corrected chi connectivity index (χ2v) is 6.53. The second kappa shape index (κ2) is 8.68. The van der Waals surface area contributed by atoms with Crippen LogP contribution in [0, 0.1) is 12.7 Å². The molecule has 2 rings (SSSR count). The van der Waals surface area contributed by atoms with Crippen LogP contribution in [0.1, 0.15) is 27.2 Å². The lowest BCUT2D eigenvalue weighted by Crippen LogP contribution is -2.24. The molecule has 0 unspecified atom stereocenters. The lowest BCUT2D eigenvalue weighted by Gasteiger charge is -2.15. The number of halogens is 1. The van der Waals surface area contributed by atoms with Gasteiger partial charge in [-0.15, -0.1) is 0 Å². The molecule has 0 aliphatic carbocycles. The van der Waals surface area contributed by atoms with Crippen LogP contribution in [0.25, 0.3) is 0 Å². The number of pyridine rings is 1. The van der Waals surface area contributed by atoms with Gasteiger partial charge in [-0.2, -0.15) is 4.31 Å². The highest BCUT2D eigenvalue weighted by Gasteiger charge is 2.12. The molecule has 1 heterocycles. The summed E-state index contributed by atoms with van der Waals surface area (Å²) >= 11 is 0. The Bertz CT molecular complexity index is 814. The highest BCUT2D eigenvalue weighted by atomic mass is 32.2. The minimum absolute atomic E-state index is 0.0976. The highest BCUT2D eigenvalue weighted by molar-refractivity contribution is 7.69. The summed E-state index contributed by atoms with van der Waals surface area (Å²) in [5.41, 5.74) is 2.19. The summed E-state index contributed by atoms with van der Waals surface area (Å²) in [7, 11) is -1.52. The summed E-state index contributed by atoms with van der Waals surface area (Å²) in [5.74, 6) is -0.789. The lowest BCUT2D eigenvalue weighted by atomic mass is 10.1. The van der Waals surface area contributed by atoms with E-state index in [1.165, 1.54) is 29.7 Å². The van der Waals surface area contributed by atoms with Crippen molar-refractivity contribution in [3.8, 4) is 0 Å². The monoisotopic (exact) mass is 366 g/mol. The molecule has 0 atom stereocenters. The summed E-state index contributed by atoms with van der Waals surface area (Å²) in [5, 5.41) is 0. The number of nitrogens with zero attached hydrogens (tertiary/aromatic N) is 2. The molecule has 0 N–H and O–H groups in total. The molecular weight excluding hydrogens is 347 g/mol. The number of rotatable bonds is 7. The fourth-order valence-corrected chi connectivity index (χ4v) is 2.81. The number of benzene rings is 1. The zero-order chi connectivity index (χ0) is 18.4. The third kappa shape index (κ3) is 5.33. The van der Waals surface area contributed by atoms with E-state index in [1.54, 1.807) is 25.1 Å². The second-order valence-electron chi connectivity index (χ2n) is 5.49. The Morgan fingerprint density at radius 1 is 1.28 bits per heavy atom. The molecule has 134 valence electrons. The summed E-state index contributed by atoms with van der Waals surface area (Å²) in [6.07, 6.45) is 1.81. The van der Waals surface area contributed by atoms with Gasteiger partial charge in [0.1, 0.15) is 5.82 Å². The van der Waals surface area contributed by atoms with Crippen molar-refractivity contribution in [2.45, 2.75) is 19.9 Å². The molecule has 0 spiro atoms. The van der Waals surface area contributed by atoms with Crippen molar-refractivity contribution in [1.29, 1.82) is 0 Å². The van der Waals surface area contributed by atoms with Crippen LogP contribution in [-0.2, 0) is 28.6 Å². The molecule has 1 aromatic carbocycles. The number of methoxy groups -OCH3 is 1. The molecule has 0 amide bonds. The molecule has 0 aliphatic heterocycles. The van der Waals surface area contributed by atoms with Gasteiger partial charge in [0.05, 0.1) is 24.9 Å². The first-order valence-electron chi connectivity index (χ1n) is 7.58. The van der Waals surface area contributed by atoms with Crippen molar-refractivity contribution < 1.29 is 22.3 Å². The molecule has 0 saturated heterocycles. The maximum atomic E-state index is 13.3. The number of hydrogen-bond acceptors (Lipinski definition) is 5. The van der Waals surface area contributed by atoms with Crippen molar-refractivity contribution in [2.24, 2.45) is 0 Å². The Morgan fingerprint density at radius 2 is 2.04 bits per heavy atom. The van der Waals surface area contributed by atoms with Gasteiger partial charge >= 0.3 is 5.97 Å². The largest absolute Gasteiger partial charge is 0.465 e. The van der Waals surface area contributed by atoms with Crippen molar-refractivity contribution >= 4 is 16.9 Å². The van der Waals surface area contributed by atoms with E-state index in [-0.39, 0.29) is 18.9 Å². The molecule has 0 radical (unpaired) electrons. The normalized spacial score (nSPS) is 11.1. The van der Waals surface area contributed by atoms with Gasteiger partial charge in [-0.3, -0.25) is 4.98 Å². The molecule has 2 aromatic rings. The first-order chi connectivity index (χ1) is 11.9. The van der Waals surface area contributed by atoms with E-state index in [9.17, 15) is 17.6 Å². The summed E-state index contributed by atoms with van der Waals surface area (Å²) < 4.78 is 42.1. The standard InChI is InChI=1S/C17H19FN2O4S/c1-12-9-13(3-6-16(12)18)7-8-20(25(22)23)11-15-5-4-14(10-19-15)17(21)24-2/h3-6,9-10,25H,7-8,11H2,1-2H3. The number of aryl methyl sites for hydroxylation is 1. The highest BCUT2D eigenvalue weighted by Crippen LogP contribution is 2.11. The van der Waals surface area contributed by atoms with Crippen molar-refractivity contribution in [3.63, 3.8) is 0 Å². The molecule has 0 fully saturated rings. The van der Waals surface area contributed by atoms with Crippen molar-refractivity contribution in [3.05, 3.63) is 64.7 Å². The minimum atomic E-state index is -2.79. The third-order valence-electron chi connectivity index (χ3n) is 3.70. The molecule has 6 nitrogen and oxygen atoms in total. The van der Waals surface area contributed by atoms with Crippen molar-refractivity contribution in [2.75, 3.05) is 13.7 Å². The van der Waals surface area contributed by atoms with E-state index in [0.29, 0.717) is 23.2 Å². The van der Waals surface area contributed by atoms with Gasteiger partial charge in [-0.1, -0.05) is 12.1 Å². The molecule has 0 aliphatic rings. The van der Waals surface area contributed by atoms with Crippen LogP contribution in [0.3, 0.4) is 0 Å². The first-order valence-corrected chi connectivity index (χ1v) is 8.71. The Labute approximate surface area is 147 Å². The fraction of sp³-hybridized carbons (Fsp3) is 0.294. The van der Waals surface area contributed by atoms with Crippen LogP contribution in [0.15, 0.2) is 36.5 Å². The lowest BCUT2D eigenvalue weighted by molar-refractivity contribution is 0.0600. The summed E-state index contributed by atoms with van der Waals surface area (Å²) in [6, 6.07) is 7.84. The molecule has 1 aromatic heterocycles. The maximum absolute atomic E-state index is 13.3. The van der Waals surface area contributed by atoms with E-state index in [1.807, 2.05) is 0 Å². The molecule has 0 bridgehead atoms. The number of carbonyl (C=O) groups excluding carboxylic acids is 1. The van der Waals surface area contributed by atoms with E-state index < -0.39 is 16.9 Å². The Balaban J connectivity index is 2.03. The van der Waals surface area contributed by atoms with Crippen LogP contribution < -0.4 is 0 Å². The van der Waals surface area contributed by atoms with E-state index >= 15 is 0 Å². The van der Waals surface area contributed by atoms with Crippen molar-refractivity contribution in [1.82, 2.24) is 9.29 Å². The average Bonchev–Trinajstić information content (AvgIpc) is 2.61. The topological polar surface area (TPSA) is 76.6 Å². The predicted molar refractivity (Wildman–Crippen MR) is 91.1 cm³/mol. The average molecular weight is 366 g/mol. The quantitative estimate of drug-likeness (QED) is 0.598. The van der Waals surface area contributed by atoms with Gasteiger partial charge in [0.2, 0.25) is 10.9 Å². The zero-order valence-electron chi connectivity index (χ0n) is 13.9. The smallest absolute Gasteiger partial charge is 0.339 e. The maximum Gasteiger partial charge on any atom is 0.339 e. The predicted octanol–water partition coefficient (Wildman–Crippen LogP) is 1.89. The number of ether oxygens (including phenoxy) is 1. The number of thiol groups is 1. The number of aromatic nitrogens is 1. The first kappa shape index (κ1) is 19.0. The molecule has 25 heavy (non-hydrogen) atoms. The minimum Gasteiger partial charge on any atom is -0.465 e. The van der Waals surface area contributed by atoms with Crippen LogP contribution in [-0.4, -0.2) is 37.3 Å². The SMILES string of the molecule is COC(=O)c1ccc(CN(CCc2ccc(F)c(C)c2)[SH](=O)=O)nc1. The summed E-state index contributed by atoms with van der Waals surface area (Å²) in [6.45, 7) is 2.02. The van der Waals surface area contributed by atoms with Crippen LogP contribution in [0.2, 0.25) is 0 Å². The van der Waals surface area contributed by atoms with Crippen LogP contribution in [0.5, 0.6) is 0 Å². The third-order valence-corrected chi connectivity index (χ3v) is 4.51. The van der Waals surface area contributed by atoms with Gasteiger partial charge in [0, 0.05) is 12.7 Å². The van der Waals surface area contributed by atoms with Gasteiger partial charge in [0.15, 0.2) is 0 Å². The van der Waals surface area contributed by atoms with E-state index in [4.69, 9.17) is 0 Å². The summed E-state index contributed by atoms with van der Waals surface area (Å²) in [4.78, 5) is 15.5. The van der Waals surface area contributed by atoms with Gasteiger partial charge in [-0.05, 0) is 42.7 Å². The number of esters is 1. The van der Waals surface area contributed by atoms with Crippen LogP contribution >= 0.6 is 0 Å². The van der Waals surface area contributed by atoms with Crippen LogP contribution in [0.4, 0.5) is 4.39 Å². The fourth-order valence-electron chi connectivity index (χ4n) is 2.28. The molecular formula is C17H19FN2O4S. The Hall–Kier alpha value is -2.32. The van der Waals surface area contributed by atoms with E-state index in [2.05, 4.69) is 9.72 Å². The van der Waals surface area contributed by atoms with Gasteiger partial charge in [-0.25, -0.2) is 17.6 Å². The Morgan fingerprint density at radius 3 is 2.60 bits per heavy atom. The number of hydrogen-bond donors (Lipinski definition) is 1. The molecule has 8 heteroatoms.